The Labute approximate surface area is 102 Å². The van der Waals surface area contributed by atoms with Crippen LogP contribution in [0.1, 0.15) is 9.67 Å². The van der Waals surface area contributed by atoms with Crippen LogP contribution in [0.2, 0.25) is 0 Å². The molecule has 1 N–H and O–H groups in total. The lowest BCUT2D eigenvalue weighted by Crippen LogP contribution is -1.99. The van der Waals surface area contributed by atoms with Crippen molar-refractivity contribution in [1.29, 1.82) is 0 Å². The van der Waals surface area contributed by atoms with Crippen molar-refractivity contribution in [2.75, 3.05) is 0 Å². The minimum absolute atomic E-state index is 0.377. The summed E-state index contributed by atoms with van der Waals surface area (Å²) in [5.74, 6) is -0.880. The van der Waals surface area contributed by atoms with Gasteiger partial charge in [-0.1, -0.05) is 18.2 Å². The molecule has 0 saturated heterocycles. The van der Waals surface area contributed by atoms with E-state index in [9.17, 15) is 9.90 Å². The number of hydrogen-bond acceptors (Lipinski definition) is 2. The molecule has 0 unspecified atom stereocenters. The lowest BCUT2D eigenvalue weighted by Gasteiger charge is -2.02. The van der Waals surface area contributed by atoms with Crippen LogP contribution in [0.25, 0.3) is 15.8 Å². The number of nitrogens with zero attached hydrogens (tertiary/aromatic N) is 1. The van der Waals surface area contributed by atoms with Crippen molar-refractivity contribution >= 4 is 27.4 Å². The van der Waals surface area contributed by atoms with E-state index in [1.54, 1.807) is 0 Å². The molecule has 0 radical (unpaired) electrons. The Kier molecular flexibility index (Phi) is 2.23. The molecule has 0 aliphatic heterocycles. The van der Waals surface area contributed by atoms with E-state index in [1.807, 2.05) is 53.4 Å². The highest BCUT2D eigenvalue weighted by Crippen LogP contribution is 2.34. The summed E-state index contributed by atoms with van der Waals surface area (Å²) < 4.78 is 2.84. The topological polar surface area (TPSA) is 42.2 Å². The van der Waals surface area contributed by atoms with Crippen LogP contribution in [0.15, 0.2) is 48.8 Å². The van der Waals surface area contributed by atoms with E-state index in [1.165, 1.54) is 11.3 Å². The van der Waals surface area contributed by atoms with Gasteiger partial charge in [-0.15, -0.1) is 11.3 Å². The van der Waals surface area contributed by atoms with Crippen LogP contribution in [0.3, 0.4) is 0 Å². The van der Waals surface area contributed by atoms with Crippen molar-refractivity contribution in [3.63, 3.8) is 0 Å². The number of carbonyl (C=O) groups is 1. The van der Waals surface area contributed by atoms with Crippen LogP contribution in [0.4, 0.5) is 0 Å². The predicted octanol–water partition coefficient (Wildman–Crippen LogP) is 3.39. The average Bonchev–Trinajstić information content (AvgIpc) is 2.94. The number of carboxylic acids is 1. The first kappa shape index (κ1) is 10.1. The van der Waals surface area contributed by atoms with Crippen molar-refractivity contribution in [1.82, 2.24) is 4.57 Å². The van der Waals surface area contributed by atoms with E-state index in [4.69, 9.17) is 0 Å². The molecule has 17 heavy (non-hydrogen) atoms. The van der Waals surface area contributed by atoms with E-state index >= 15 is 0 Å². The quantitative estimate of drug-likeness (QED) is 0.749. The molecule has 0 atom stereocenters. The van der Waals surface area contributed by atoms with Gasteiger partial charge in [0, 0.05) is 22.5 Å². The van der Waals surface area contributed by atoms with Gasteiger partial charge in [-0.25, -0.2) is 4.79 Å². The minimum atomic E-state index is -0.880. The Morgan fingerprint density at radius 2 is 1.82 bits per heavy atom. The van der Waals surface area contributed by atoms with Crippen LogP contribution in [0, 0.1) is 0 Å². The second kappa shape index (κ2) is 3.75. The number of rotatable bonds is 2. The molecule has 0 aliphatic rings. The number of aromatic carboxylic acids is 1. The van der Waals surface area contributed by atoms with Crippen molar-refractivity contribution in [2.45, 2.75) is 0 Å². The molecule has 0 saturated carbocycles. The lowest BCUT2D eigenvalue weighted by atomic mass is 10.2. The molecule has 0 amide bonds. The van der Waals surface area contributed by atoms with Crippen LogP contribution < -0.4 is 0 Å². The molecule has 2 aromatic heterocycles. The molecule has 84 valence electrons. The van der Waals surface area contributed by atoms with Crippen molar-refractivity contribution in [3.8, 4) is 5.69 Å². The summed E-state index contributed by atoms with van der Waals surface area (Å²) in [7, 11) is 0. The van der Waals surface area contributed by atoms with Gasteiger partial charge in [0.25, 0.3) is 0 Å². The van der Waals surface area contributed by atoms with Gasteiger partial charge in [0.15, 0.2) is 0 Å². The fourth-order valence-electron chi connectivity index (χ4n) is 1.92. The molecule has 0 fully saturated rings. The minimum Gasteiger partial charge on any atom is -0.477 e. The maximum atomic E-state index is 11.3. The highest BCUT2D eigenvalue weighted by Gasteiger charge is 2.18. The molecule has 0 aliphatic carbocycles. The first-order valence-corrected chi connectivity index (χ1v) is 5.97. The SMILES string of the molecule is O=C(O)c1sc2ccccc2c1-n1cccc1. The van der Waals surface area contributed by atoms with Crippen LogP contribution >= 0.6 is 11.3 Å². The normalized spacial score (nSPS) is 10.8. The standard InChI is InChI=1S/C13H9NO2S/c15-13(16)12-11(14-7-3-4-8-14)9-5-1-2-6-10(9)17-12/h1-8H,(H,15,16). The molecule has 0 bridgehead atoms. The summed E-state index contributed by atoms with van der Waals surface area (Å²) in [6.45, 7) is 0. The zero-order valence-corrected chi connectivity index (χ0v) is 9.65. The van der Waals surface area contributed by atoms with Gasteiger partial charge in [-0.05, 0) is 18.2 Å². The van der Waals surface area contributed by atoms with E-state index in [0.717, 1.165) is 15.8 Å². The smallest absolute Gasteiger partial charge is 0.348 e. The molecule has 3 nitrogen and oxygen atoms in total. The third-order valence-corrected chi connectivity index (χ3v) is 3.77. The molecule has 3 rings (SSSR count). The summed E-state index contributed by atoms with van der Waals surface area (Å²) in [5, 5.41) is 10.2. The number of thiophene rings is 1. The Hall–Kier alpha value is -2.07. The molecule has 1 aromatic carbocycles. The number of benzene rings is 1. The van der Waals surface area contributed by atoms with Gasteiger partial charge in [0.05, 0.1) is 5.69 Å². The van der Waals surface area contributed by atoms with Crippen molar-refractivity contribution in [3.05, 3.63) is 53.7 Å². The summed E-state index contributed by atoms with van der Waals surface area (Å²) >= 11 is 1.31. The number of aromatic nitrogens is 1. The van der Waals surface area contributed by atoms with E-state index in [-0.39, 0.29) is 0 Å². The fraction of sp³-hybridized carbons (Fsp3) is 0. The number of fused-ring (bicyclic) bond motifs is 1. The molecule has 4 heteroatoms. The molecule has 0 spiro atoms. The van der Waals surface area contributed by atoms with E-state index in [2.05, 4.69) is 0 Å². The third kappa shape index (κ3) is 1.54. The molecular formula is C13H9NO2S. The third-order valence-electron chi connectivity index (χ3n) is 2.63. The van der Waals surface area contributed by atoms with Crippen LogP contribution in [-0.2, 0) is 0 Å². The Balaban J connectivity index is 2.40. The summed E-state index contributed by atoms with van der Waals surface area (Å²) in [6, 6.07) is 11.5. The van der Waals surface area contributed by atoms with E-state index < -0.39 is 5.97 Å². The summed E-state index contributed by atoms with van der Waals surface area (Å²) in [5.41, 5.74) is 0.753. The predicted molar refractivity (Wildman–Crippen MR) is 68.1 cm³/mol. The monoisotopic (exact) mass is 243 g/mol. The van der Waals surface area contributed by atoms with Gasteiger partial charge in [-0.2, -0.15) is 0 Å². The Morgan fingerprint density at radius 3 is 2.53 bits per heavy atom. The average molecular weight is 243 g/mol. The Morgan fingerprint density at radius 1 is 1.12 bits per heavy atom. The fourth-order valence-corrected chi connectivity index (χ4v) is 2.96. The maximum absolute atomic E-state index is 11.3. The summed E-state index contributed by atoms with van der Waals surface area (Å²) in [6.07, 6.45) is 3.72. The number of carboxylic acid groups (broad SMARTS) is 1. The molecule has 2 heterocycles. The zero-order valence-electron chi connectivity index (χ0n) is 8.83. The summed E-state index contributed by atoms with van der Waals surface area (Å²) in [4.78, 5) is 11.7. The van der Waals surface area contributed by atoms with Gasteiger partial charge in [0.1, 0.15) is 4.88 Å². The van der Waals surface area contributed by atoms with E-state index in [0.29, 0.717) is 4.88 Å². The molecule has 3 aromatic rings. The van der Waals surface area contributed by atoms with Gasteiger partial charge in [-0.3, -0.25) is 0 Å². The highest BCUT2D eigenvalue weighted by molar-refractivity contribution is 7.21. The second-order valence-electron chi connectivity index (χ2n) is 3.67. The van der Waals surface area contributed by atoms with Gasteiger partial charge < -0.3 is 9.67 Å². The lowest BCUT2D eigenvalue weighted by molar-refractivity contribution is 0.0702. The van der Waals surface area contributed by atoms with Crippen LogP contribution in [0.5, 0.6) is 0 Å². The second-order valence-corrected chi connectivity index (χ2v) is 4.72. The largest absolute Gasteiger partial charge is 0.477 e. The number of hydrogen-bond donors (Lipinski definition) is 1. The first-order valence-electron chi connectivity index (χ1n) is 5.15. The highest BCUT2D eigenvalue weighted by atomic mass is 32.1. The Bertz CT molecular complexity index is 683. The zero-order chi connectivity index (χ0) is 11.8. The van der Waals surface area contributed by atoms with Crippen molar-refractivity contribution < 1.29 is 9.90 Å². The van der Waals surface area contributed by atoms with Crippen LogP contribution in [-0.4, -0.2) is 15.6 Å². The van der Waals surface area contributed by atoms with Crippen molar-refractivity contribution in [2.24, 2.45) is 0 Å². The van der Waals surface area contributed by atoms with Gasteiger partial charge >= 0.3 is 5.97 Å². The maximum Gasteiger partial charge on any atom is 0.348 e. The molecular weight excluding hydrogens is 234 g/mol. The first-order chi connectivity index (χ1) is 8.27. The van der Waals surface area contributed by atoms with Gasteiger partial charge in [0.2, 0.25) is 0 Å².